The predicted molar refractivity (Wildman–Crippen MR) is 158 cm³/mol. The number of amides is 1. The van der Waals surface area contributed by atoms with Gasteiger partial charge in [-0.05, 0) is 61.2 Å². The molecule has 0 saturated carbocycles. The van der Waals surface area contributed by atoms with Crippen molar-refractivity contribution in [3.63, 3.8) is 0 Å². The van der Waals surface area contributed by atoms with Crippen molar-refractivity contribution in [2.45, 2.75) is 46.6 Å². The lowest BCUT2D eigenvalue weighted by atomic mass is 9.95. The summed E-state index contributed by atoms with van der Waals surface area (Å²) in [4.78, 5) is 45.6. The molecule has 8 nitrogen and oxygen atoms in total. The number of hydrogen-bond acceptors (Lipinski definition) is 8. The first-order valence-corrected chi connectivity index (χ1v) is 14.7. The van der Waals surface area contributed by atoms with Gasteiger partial charge in [-0.3, -0.25) is 14.5 Å². The van der Waals surface area contributed by atoms with Crippen molar-refractivity contribution in [2.24, 2.45) is 5.92 Å². The molecule has 210 valence electrons. The van der Waals surface area contributed by atoms with Gasteiger partial charge in [-0.25, -0.2) is 9.78 Å². The van der Waals surface area contributed by atoms with Crippen molar-refractivity contribution in [2.75, 3.05) is 18.1 Å². The second-order valence-corrected chi connectivity index (χ2v) is 11.7. The van der Waals surface area contributed by atoms with Gasteiger partial charge in [-0.2, -0.15) is 0 Å². The number of rotatable bonds is 10. The Hall–Kier alpha value is -3.50. The molecule has 4 rings (SSSR count). The monoisotopic (exact) mass is 626 g/mol. The average Bonchev–Trinajstić information content (AvgIpc) is 3.44. The number of ketones is 1. The van der Waals surface area contributed by atoms with Gasteiger partial charge >= 0.3 is 11.9 Å². The smallest absolute Gasteiger partial charge is 0.350 e. The van der Waals surface area contributed by atoms with Crippen LogP contribution in [-0.2, 0) is 14.3 Å². The molecule has 1 unspecified atom stereocenters. The van der Waals surface area contributed by atoms with Crippen LogP contribution >= 0.6 is 27.3 Å². The molecule has 1 amide bonds. The molecule has 1 aromatic heterocycles. The van der Waals surface area contributed by atoms with E-state index >= 15 is 0 Å². The van der Waals surface area contributed by atoms with Crippen LogP contribution in [0.15, 0.2) is 58.6 Å². The molecule has 1 aliphatic heterocycles. The van der Waals surface area contributed by atoms with Gasteiger partial charge in [0, 0.05) is 10.0 Å². The molecule has 1 fully saturated rings. The van der Waals surface area contributed by atoms with Gasteiger partial charge in [0.05, 0.1) is 30.5 Å². The molecule has 0 bridgehead atoms. The minimum absolute atomic E-state index is 0.0699. The lowest BCUT2D eigenvalue weighted by molar-refractivity contribution is -0.132. The van der Waals surface area contributed by atoms with Gasteiger partial charge in [0.15, 0.2) is 5.13 Å². The summed E-state index contributed by atoms with van der Waals surface area (Å²) in [7, 11) is 0. The molecule has 1 saturated heterocycles. The first-order valence-electron chi connectivity index (χ1n) is 13.1. The molecule has 2 aromatic carbocycles. The van der Waals surface area contributed by atoms with Crippen LogP contribution in [0, 0.1) is 12.8 Å². The number of carbonyl (C=O) groups is 3. The Kier molecular flexibility index (Phi) is 9.42. The number of Topliss-reactive ketones (excluding diaryl/α,β-unsaturated/α-hetero) is 1. The summed E-state index contributed by atoms with van der Waals surface area (Å²) in [6, 6.07) is 12.9. The molecular formula is C30H31BrN2O6S. The summed E-state index contributed by atoms with van der Waals surface area (Å²) in [6.45, 7) is 8.42. The quantitative estimate of drug-likeness (QED) is 0.0864. The summed E-state index contributed by atoms with van der Waals surface area (Å²) >= 11 is 4.44. The number of aromatic nitrogens is 1. The van der Waals surface area contributed by atoms with Crippen molar-refractivity contribution in [1.82, 2.24) is 4.98 Å². The number of nitrogens with zero attached hydrogens (tertiary/aromatic N) is 2. The number of hydrogen-bond donors (Lipinski definition) is 1. The van der Waals surface area contributed by atoms with E-state index in [0.717, 1.165) is 28.7 Å². The number of aryl methyl sites for hydroxylation is 1. The molecule has 2 heterocycles. The number of esters is 1. The Morgan fingerprint density at radius 1 is 1.18 bits per heavy atom. The third-order valence-electron chi connectivity index (χ3n) is 6.23. The maximum atomic E-state index is 13.5. The lowest BCUT2D eigenvalue weighted by Gasteiger charge is -2.23. The highest BCUT2D eigenvalue weighted by atomic mass is 79.9. The topological polar surface area (TPSA) is 106 Å². The minimum Gasteiger partial charge on any atom is -0.507 e. The summed E-state index contributed by atoms with van der Waals surface area (Å²) in [6.07, 6.45) is 1.93. The Bertz CT molecular complexity index is 1450. The normalized spacial score (nSPS) is 16.6. The highest BCUT2D eigenvalue weighted by molar-refractivity contribution is 9.10. The number of anilines is 1. The maximum Gasteiger partial charge on any atom is 0.350 e. The SMILES string of the molecule is CCCCOc1ccc(/C(O)=C2\C(=O)C(=O)N(c3nc(C)c(C(=O)OCC(C)C)s3)C2c2cccc(Br)c2)cc1. The standard InChI is InChI=1S/C30H31BrN2O6S/c1-5-6-14-38-22-12-10-19(11-13-22)25(34)23-24(20-8-7-9-21(31)15-20)33(28(36)26(23)35)30-32-18(4)27(40-30)29(37)39-16-17(2)3/h7-13,15,17,24,34H,5-6,14,16H2,1-4H3/b25-23+. The number of aliphatic hydroxyl groups is 1. The Morgan fingerprint density at radius 3 is 2.55 bits per heavy atom. The Balaban J connectivity index is 1.78. The number of aliphatic hydroxyl groups excluding tert-OH is 1. The average molecular weight is 628 g/mol. The summed E-state index contributed by atoms with van der Waals surface area (Å²) in [5.41, 5.74) is 1.28. The van der Waals surface area contributed by atoms with Gasteiger partial charge in [-0.1, -0.05) is 66.6 Å². The van der Waals surface area contributed by atoms with Gasteiger partial charge in [-0.15, -0.1) is 0 Å². The van der Waals surface area contributed by atoms with Crippen LogP contribution in [0.1, 0.15) is 66.1 Å². The van der Waals surface area contributed by atoms with Crippen LogP contribution in [0.25, 0.3) is 5.76 Å². The fourth-order valence-corrected chi connectivity index (χ4v) is 5.61. The molecule has 40 heavy (non-hydrogen) atoms. The second-order valence-electron chi connectivity index (χ2n) is 9.85. The van der Waals surface area contributed by atoms with E-state index in [1.165, 1.54) is 4.90 Å². The highest BCUT2D eigenvalue weighted by Gasteiger charge is 2.48. The number of unbranched alkanes of at least 4 members (excludes halogenated alkanes) is 1. The first-order chi connectivity index (χ1) is 19.1. The minimum atomic E-state index is -0.969. The fraction of sp³-hybridized carbons (Fsp3) is 0.333. The van der Waals surface area contributed by atoms with Crippen molar-refractivity contribution in [1.29, 1.82) is 0 Å². The van der Waals surface area contributed by atoms with Gasteiger partial charge in [0.25, 0.3) is 5.78 Å². The molecular weight excluding hydrogens is 596 g/mol. The Morgan fingerprint density at radius 2 is 1.90 bits per heavy atom. The number of carbonyl (C=O) groups excluding carboxylic acids is 3. The third-order valence-corrected chi connectivity index (χ3v) is 7.86. The number of ether oxygens (including phenoxy) is 2. The van der Waals surface area contributed by atoms with Crippen LogP contribution < -0.4 is 9.64 Å². The number of benzene rings is 2. The van der Waals surface area contributed by atoms with Gasteiger partial charge in [0.2, 0.25) is 0 Å². The maximum absolute atomic E-state index is 13.5. The van der Waals surface area contributed by atoms with Crippen LogP contribution in [0.3, 0.4) is 0 Å². The molecule has 0 spiro atoms. The van der Waals surface area contributed by atoms with Crippen LogP contribution in [0.2, 0.25) is 0 Å². The van der Waals surface area contributed by atoms with Crippen molar-refractivity contribution < 1.29 is 29.0 Å². The van der Waals surface area contributed by atoms with Gasteiger partial charge in [0.1, 0.15) is 16.4 Å². The van der Waals surface area contributed by atoms with E-state index in [1.54, 1.807) is 49.4 Å². The van der Waals surface area contributed by atoms with E-state index in [0.29, 0.717) is 29.2 Å². The van der Waals surface area contributed by atoms with Crippen LogP contribution in [-0.4, -0.2) is 41.0 Å². The van der Waals surface area contributed by atoms with E-state index in [1.807, 2.05) is 19.9 Å². The zero-order chi connectivity index (χ0) is 29.0. The first kappa shape index (κ1) is 29.5. The largest absolute Gasteiger partial charge is 0.507 e. The van der Waals surface area contributed by atoms with E-state index in [4.69, 9.17) is 9.47 Å². The molecule has 3 aromatic rings. The summed E-state index contributed by atoms with van der Waals surface area (Å²) in [5.74, 6) is -1.74. The summed E-state index contributed by atoms with van der Waals surface area (Å²) < 4.78 is 11.8. The molecule has 0 radical (unpaired) electrons. The third kappa shape index (κ3) is 6.28. The molecule has 1 atom stereocenters. The zero-order valence-electron chi connectivity index (χ0n) is 22.8. The number of thiazole rings is 1. The van der Waals surface area contributed by atoms with E-state index in [2.05, 4.69) is 27.8 Å². The van der Waals surface area contributed by atoms with Crippen molar-refractivity contribution in [3.8, 4) is 5.75 Å². The number of halogens is 1. The zero-order valence-corrected chi connectivity index (χ0v) is 25.2. The van der Waals surface area contributed by atoms with Crippen LogP contribution in [0.4, 0.5) is 5.13 Å². The van der Waals surface area contributed by atoms with E-state index in [-0.39, 0.29) is 33.9 Å². The molecule has 1 N–H and O–H groups in total. The van der Waals surface area contributed by atoms with E-state index < -0.39 is 23.7 Å². The second kappa shape index (κ2) is 12.8. The van der Waals surface area contributed by atoms with Crippen molar-refractivity contribution in [3.05, 3.63) is 80.3 Å². The summed E-state index contributed by atoms with van der Waals surface area (Å²) in [5, 5.41) is 11.6. The van der Waals surface area contributed by atoms with E-state index in [9.17, 15) is 19.5 Å². The lowest BCUT2D eigenvalue weighted by Crippen LogP contribution is -2.29. The highest BCUT2D eigenvalue weighted by Crippen LogP contribution is 2.44. The predicted octanol–water partition coefficient (Wildman–Crippen LogP) is 6.83. The molecule has 1 aliphatic rings. The molecule has 0 aliphatic carbocycles. The Labute approximate surface area is 245 Å². The van der Waals surface area contributed by atoms with Crippen LogP contribution in [0.5, 0.6) is 5.75 Å². The van der Waals surface area contributed by atoms with Crippen molar-refractivity contribution >= 4 is 55.8 Å². The molecule has 10 heteroatoms. The van der Waals surface area contributed by atoms with Gasteiger partial charge < -0.3 is 14.6 Å². The fourth-order valence-electron chi connectivity index (χ4n) is 4.20.